The van der Waals surface area contributed by atoms with Gasteiger partial charge in [0.05, 0.1) is 16.8 Å². The standard InChI is InChI=1S/C17H15ClN2O2/c1-10-5-6-20-15(7-10)19-16(17(20)11(2)18)12-3-4-13-14(8-12)22-9-21-13/h3-8,11H,9H2,1-2H3. The Morgan fingerprint density at radius 3 is 2.82 bits per heavy atom. The fourth-order valence-corrected chi connectivity index (χ4v) is 3.01. The van der Waals surface area contributed by atoms with E-state index >= 15 is 0 Å². The van der Waals surface area contributed by atoms with Gasteiger partial charge in [-0.05, 0) is 49.7 Å². The molecule has 5 heteroatoms. The van der Waals surface area contributed by atoms with Gasteiger partial charge >= 0.3 is 0 Å². The fraction of sp³-hybridized carbons (Fsp3) is 0.235. The minimum Gasteiger partial charge on any atom is -0.454 e. The van der Waals surface area contributed by atoms with E-state index in [0.29, 0.717) is 0 Å². The molecule has 3 heterocycles. The number of benzene rings is 1. The molecule has 1 atom stereocenters. The van der Waals surface area contributed by atoms with E-state index in [1.54, 1.807) is 0 Å². The SMILES string of the molecule is Cc1ccn2c(C(C)Cl)c(-c3ccc4c(c3)OCO4)nc2c1. The molecule has 0 aliphatic carbocycles. The van der Waals surface area contributed by atoms with E-state index in [-0.39, 0.29) is 12.2 Å². The van der Waals surface area contributed by atoms with Crippen LogP contribution in [0.3, 0.4) is 0 Å². The molecule has 2 aromatic heterocycles. The number of hydrogen-bond acceptors (Lipinski definition) is 3. The van der Waals surface area contributed by atoms with Crippen molar-refractivity contribution in [3.8, 4) is 22.8 Å². The van der Waals surface area contributed by atoms with Gasteiger partial charge in [0, 0.05) is 11.8 Å². The number of ether oxygens (including phenoxy) is 2. The summed E-state index contributed by atoms with van der Waals surface area (Å²) in [6.07, 6.45) is 2.02. The zero-order valence-electron chi connectivity index (χ0n) is 12.3. The third-order valence-corrected chi connectivity index (χ3v) is 4.05. The number of pyridine rings is 1. The Bertz CT molecular complexity index is 870. The highest BCUT2D eigenvalue weighted by Gasteiger charge is 2.21. The van der Waals surface area contributed by atoms with Gasteiger partial charge in [-0.15, -0.1) is 11.6 Å². The highest BCUT2D eigenvalue weighted by Crippen LogP contribution is 2.38. The minimum absolute atomic E-state index is 0.155. The number of halogens is 1. The first-order chi connectivity index (χ1) is 10.6. The third kappa shape index (κ3) is 2.03. The van der Waals surface area contributed by atoms with Crippen LogP contribution in [0.4, 0.5) is 0 Å². The zero-order chi connectivity index (χ0) is 15.3. The summed E-state index contributed by atoms with van der Waals surface area (Å²) in [5.74, 6) is 1.52. The summed E-state index contributed by atoms with van der Waals surface area (Å²) in [6.45, 7) is 4.28. The minimum atomic E-state index is -0.155. The number of imidazole rings is 1. The molecular weight excluding hydrogens is 300 g/mol. The predicted molar refractivity (Wildman–Crippen MR) is 85.8 cm³/mol. The average Bonchev–Trinajstić information content (AvgIpc) is 3.09. The molecule has 0 N–H and O–H groups in total. The monoisotopic (exact) mass is 314 g/mol. The van der Waals surface area contributed by atoms with E-state index in [0.717, 1.165) is 34.1 Å². The van der Waals surface area contributed by atoms with Gasteiger partial charge in [-0.25, -0.2) is 4.98 Å². The molecule has 0 saturated carbocycles. The van der Waals surface area contributed by atoms with Gasteiger partial charge in [-0.3, -0.25) is 0 Å². The van der Waals surface area contributed by atoms with Crippen LogP contribution in [0.2, 0.25) is 0 Å². The summed E-state index contributed by atoms with van der Waals surface area (Å²) in [4.78, 5) is 4.77. The molecule has 0 spiro atoms. The Labute approximate surface area is 133 Å². The molecule has 0 fully saturated rings. The van der Waals surface area contributed by atoms with E-state index in [1.807, 2.05) is 35.7 Å². The van der Waals surface area contributed by atoms with Crippen LogP contribution in [0, 0.1) is 6.92 Å². The second kappa shape index (κ2) is 4.92. The maximum Gasteiger partial charge on any atom is 0.231 e. The van der Waals surface area contributed by atoms with Crippen molar-refractivity contribution in [2.24, 2.45) is 0 Å². The van der Waals surface area contributed by atoms with Crippen molar-refractivity contribution in [2.75, 3.05) is 6.79 Å². The number of nitrogens with zero attached hydrogens (tertiary/aromatic N) is 2. The number of rotatable bonds is 2. The molecule has 1 aliphatic heterocycles. The van der Waals surface area contributed by atoms with Crippen LogP contribution in [0.25, 0.3) is 16.9 Å². The van der Waals surface area contributed by atoms with Gasteiger partial charge in [0.1, 0.15) is 5.65 Å². The van der Waals surface area contributed by atoms with Gasteiger partial charge in [-0.1, -0.05) is 0 Å². The van der Waals surface area contributed by atoms with E-state index in [9.17, 15) is 0 Å². The van der Waals surface area contributed by atoms with Crippen molar-refractivity contribution in [1.82, 2.24) is 9.38 Å². The zero-order valence-corrected chi connectivity index (χ0v) is 13.1. The molecule has 0 amide bonds. The number of hydrogen-bond donors (Lipinski definition) is 0. The molecule has 1 aromatic carbocycles. The second-order valence-electron chi connectivity index (χ2n) is 5.46. The van der Waals surface area contributed by atoms with Crippen molar-refractivity contribution in [3.05, 3.63) is 47.8 Å². The Balaban J connectivity index is 1.95. The van der Waals surface area contributed by atoms with Crippen LogP contribution >= 0.6 is 11.6 Å². The van der Waals surface area contributed by atoms with Crippen molar-refractivity contribution in [1.29, 1.82) is 0 Å². The van der Waals surface area contributed by atoms with E-state index in [4.69, 9.17) is 26.1 Å². The maximum absolute atomic E-state index is 6.42. The first kappa shape index (κ1) is 13.5. The Hall–Kier alpha value is -2.20. The largest absolute Gasteiger partial charge is 0.454 e. The number of fused-ring (bicyclic) bond motifs is 2. The quantitative estimate of drug-likeness (QED) is 0.660. The van der Waals surface area contributed by atoms with Gasteiger partial charge in [0.15, 0.2) is 11.5 Å². The molecule has 1 aliphatic rings. The summed E-state index contributed by atoms with van der Waals surface area (Å²) >= 11 is 6.42. The molecule has 4 rings (SSSR count). The normalized spacial score (nSPS) is 14.5. The fourth-order valence-electron chi connectivity index (χ4n) is 2.80. The molecule has 0 bridgehead atoms. The second-order valence-corrected chi connectivity index (χ2v) is 6.12. The first-order valence-electron chi connectivity index (χ1n) is 7.16. The summed E-state index contributed by atoms with van der Waals surface area (Å²) in [5.41, 5.74) is 4.91. The van der Waals surface area contributed by atoms with Crippen LogP contribution in [0.15, 0.2) is 36.5 Å². The molecule has 22 heavy (non-hydrogen) atoms. The topological polar surface area (TPSA) is 35.8 Å². The lowest BCUT2D eigenvalue weighted by molar-refractivity contribution is 0.174. The van der Waals surface area contributed by atoms with Gasteiger partial charge in [-0.2, -0.15) is 0 Å². The smallest absolute Gasteiger partial charge is 0.231 e. The third-order valence-electron chi connectivity index (χ3n) is 3.84. The van der Waals surface area contributed by atoms with Crippen LogP contribution < -0.4 is 9.47 Å². The van der Waals surface area contributed by atoms with Crippen molar-refractivity contribution in [2.45, 2.75) is 19.2 Å². The van der Waals surface area contributed by atoms with Crippen LogP contribution in [-0.4, -0.2) is 16.2 Å². The Kier molecular flexibility index (Phi) is 3.01. The highest BCUT2D eigenvalue weighted by molar-refractivity contribution is 6.20. The Morgan fingerprint density at radius 2 is 2.00 bits per heavy atom. The lowest BCUT2D eigenvalue weighted by atomic mass is 10.1. The van der Waals surface area contributed by atoms with Crippen molar-refractivity contribution >= 4 is 17.2 Å². The van der Waals surface area contributed by atoms with Gasteiger partial charge in [0.2, 0.25) is 6.79 Å². The van der Waals surface area contributed by atoms with Crippen LogP contribution in [-0.2, 0) is 0 Å². The van der Waals surface area contributed by atoms with Crippen LogP contribution in [0.5, 0.6) is 11.5 Å². The molecule has 3 aromatic rings. The number of alkyl halides is 1. The Morgan fingerprint density at radius 1 is 1.18 bits per heavy atom. The number of aryl methyl sites for hydroxylation is 1. The van der Waals surface area contributed by atoms with E-state index in [2.05, 4.69) is 19.1 Å². The van der Waals surface area contributed by atoms with Gasteiger partial charge < -0.3 is 13.9 Å². The maximum atomic E-state index is 6.42. The van der Waals surface area contributed by atoms with E-state index < -0.39 is 0 Å². The molecular formula is C17H15ClN2O2. The highest BCUT2D eigenvalue weighted by atomic mass is 35.5. The molecule has 0 saturated heterocycles. The van der Waals surface area contributed by atoms with E-state index in [1.165, 1.54) is 5.56 Å². The first-order valence-corrected chi connectivity index (χ1v) is 7.60. The predicted octanol–water partition coefficient (Wildman–Crippen LogP) is 4.34. The summed E-state index contributed by atoms with van der Waals surface area (Å²) in [6, 6.07) is 9.97. The summed E-state index contributed by atoms with van der Waals surface area (Å²) in [5, 5.41) is -0.155. The average molecular weight is 315 g/mol. The van der Waals surface area contributed by atoms with Crippen molar-refractivity contribution in [3.63, 3.8) is 0 Å². The lowest BCUT2D eigenvalue weighted by Gasteiger charge is -2.08. The summed E-state index contributed by atoms with van der Waals surface area (Å²) < 4.78 is 12.9. The molecule has 1 unspecified atom stereocenters. The molecule has 112 valence electrons. The lowest BCUT2D eigenvalue weighted by Crippen LogP contribution is -1.95. The molecule has 0 radical (unpaired) electrons. The number of aromatic nitrogens is 2. The molecule has 4 nitrogen and oxygen atoms in total. The summed E-state index contributed by atoms with van der Waals surface area (Å²) in [7, 11) is 0. The van der Waals surface area contributed by atoms with Gasteiger partial charge in [0.25, 0.3) is 0 Å². The van der Waals surface area contributed by atoms with Crippen molar-refractivity contribution < 1.29 is 9.47 Å². The van der Waals surface area contributed by atoms with Crippen LogP contribution in [0.1, 0.15) is 23.6 Å².